The number of hydrogen-bond donors (Lipinski definition) is 2. The van der Waals surface area contributed by atoms with Gasteiger partial charge in [0.15, 0.2) is 0 Å². The number of aryl methyl sites for hydroxylation is 3. The van der Waals surface area contributed by atoms with Crippen molar-refractivity contribution in [2.24, 2.45) is 5.73 Å². The zero-order valence-electron chi connectivity index (χ0n) is 12.0. The smallest absolute Gasteiger partial charge is 0.224 e. The zero-order chi connectivity index (χ0) is 14.9. The topological polar surface area (TPSA) is 77.0 Å². The minimum absolute atomic E-state index is 0.0356. The van der Waals surface area contributed by atoms with Gasteiger partial charge in [-0.1, -0.05) is 12.2 Å². The van der Waals surface area contributed by atoms with Crippen LogP contribution in [0, 0.1) is 20.8 Å². The van der Waals surface area contributed by atoms with E-state index < -0.39 is 0 Å². The molecule has 0 aliphatic rings. The third-order valence-corrected chi connectivity index (χ3v) is 3.21. The highest BCUT2D eigenvalue weighted by molar-refractivity contribution is 7.80. The van der Waals surface area contributed by atoms with Gasteiger partial charge in [0, 0.05) is 11.3 Å². The summed E-state index contributed by atoms with van der Waals surface area (Å²) in [5, 5.41) is 3.25. The number of rotatable bonds is 4. The quantitative estimate of drug-likeness (QED) is 0.843. The van der Waals surface area contributed by atoms with Crippen LogP contribution >= 0.6 is 12.2 Å². The van der Waals surface area contributed by atoms with Gasteiger partial charge in [-0.05, 0) is 39.8 Å². The maximum atomic E-state index is 5.62. The van der Waals surface area contributed by atoms with Crippen LogP contribution in [0.25, 0.3) is 0 Å². The van der Waals surface area contributed by atoms with Crippen LogP contribution in [-0.2, 0) is 0 Å². The molecule has 0 saturated carbocycles. The Kier molecular flexibility index (Phi) is 4.04. The van der Waals surface area contributed by atoms with E-state index in [1.807, 2.05) is 33.8 Å². The van der Waals surface area contributed by atoms with Gasteiger partial charge in [-0.25, -0.2) is 9.97 Å². The fourth-order valence-corrected chi connectivity index (χ4v) is 2.22. The first kappa shape index (κ1) is 14.5. The number of nitrogens with zero attached hydrogens (tertiary/aromatic N) is 2. The molecule has 2 aromatic heterocycles. The summed E-state index contributed by atoms with van der Waals surface area (Å²) in [7, 11) is 0. The van der Waals surface area contributed by atoms with Gasteiger partial charge >= 0.3 is 0 Å². The van der Waals surface area contributed by atoms with E-state index in [0.717, 1.165) is 22.8 Å². The lowest BCUT2D eigenvalue weighted by Gasteiger charge is -2.14. The Morgan fingerprint density at radius 3 is 2.55 bits per heavy atom. The van der Waals surface area contributed by atoms with E-state index >= 15 is 0 Å². The summed E-state index contributed by atoms with van der Waals surface area (Å²) in [5.41, 5.74) is 8.10. The number of anilines is 1. The predicted octanol–water partition coefficient (Wildman–Crippen LogP) is 2.80. The first-order valence-electron chi connectivity index (χ1n) is 6.35. The molecule has 2 aromatic rings. The van der Waals surface area contributed by atoms with Crippen molar-refractivity contribution >= 4 is 23.2 Å². The molecule has 5 nitrogen and oxygen atoms in total. The standard InChI is InChI=1S/C14H18N4OS/c1-7-5-12(13(15)20)18-14(16-7)17-9(3)11-6-8(2)19-10(11)4/h5-6,9H,1-4H3,(H2,15,20)(H,16,17,18). The molecule has 20 heavy (non-hydrogen) atoms. The molecule has 0 aliphatic carbocycles. The van der Waals surface area contributed by atoms with Crippen molar-refractivity contribution in [1.82, 2.24) is 9.97 Å². The van der Waals surface area contributed by atoms with Crippen LogP contribution in [0.4, 0.5) is 5.95 Å². The molecule has 0 aliphatic heterocycles. The van der Waals surface area contributed by atoms with Gasteiger partial charge < -0.3 is 15.5 Å². The van der Waals surface area contributed by atoms with Crippen molar-refractivity contribution in [3.8, 4) is 0 Å². The third kappa shape index (κ3) is 3.14. The fourth-order valence-electron chi connectivity index (χ4n) is 2.11. The van der Waals surface area contributed by atoms with Crippen molar-refractivity contribution in [3.63, 3.8) is 0 Å². The first-order valence-corrected chi connectivity index (χ1v) is 6.76. The summed E-state index contributed by atoms with van der Waals surface area (Å²) in [6.07, 6.45) is 0. The molecule has 0 aromatic carbocycles. The second-order valence-electron chi connectivity index (χ2n) is 4.82. The molecule has 2 heterocycles. The lowest BCUT2D eigenvalue weighted by Crippen LogP contribution is -2.16. The van der Waals surface area contributed by atoms with E-state index in [4.69, 9.17) is 22.4 Å². The van der Waals surface area contributed by atoms with Gasteiger partial charge in [-0.15, -0.1) is 0 Å². The molecule has 0 saturated heterocycles. The Balaban J connectivity index is 2.25. The van der Waals surface area contributed by atoms with Gasteiger partial charge in [0.25, 0.3) is 0 Å². The maximum Gasteiger partial charge on any atom is 0.224 e. The van der Waals surface area contributed by atoms with E-state index in [9.17, 15) is 0 Å². The normalized spacial score (nSPS) is 12.2. The summed E-state index contributed by atoms with van der Waals surface area (Å²) in [5.74, 6) is 2.29. The fraction of sp³-hybridized carbons (Fsp3) is 0.357. The van der Waals surface area contributed by atoms with Gasteiger partial charge in [0.1, 0.15) is 22.2 Å². The van der Waals surface area contributed by atoms with Crippen molar-refractivity contribution in [2.45, 2.75) is 33.7 Å². The van der Waals surface area contributed by atoms with Gasteiger partial charge in [0.2, 0.25) is 5.95 Å². The Labute approximate surface area is 123 Å². The van der Waals surface area contributed by atoms with E-state index in [-0.39, 0.29) is 11.0 Å². The second-order valence-corrected chi connectivity index (χ2v) is 5.26. The number of aromatic nitrogens is 2. The van der Waals surface area contributed by atoms with Crippen LogP contribution in [-0.4, -0.2) is 15.0 Å². The van der Waals surface area contributed by atoms with E-state index in [1.54, 1.807) is 6.07 Å². The summed E-state index contributed by atoms with van der Waals surface area (Å²) >= 11 is 4.96. The number of hydrogen-bond acceptors (Lipinski definition) is 5. The Bertz CT molecular complexity index is 651. The van der Waals surface area contributed by atoms with E-state index in [0.29, 0.717) is 11.6 Å². The number of furan rings is 1. The average molecular weight is 290 g/mol. The summed E-state index contributed by atoms with van der Waals surface area (Å²) in [4.78, 5) is 8.93. The van der Waals surface area contributed by atoms with Crippen molar-refractivity contribution in [1.29, 1.82) is 0 Å². The van der Waals surface area contributed by atoms with Crippen LogP contribution in [0.3, 0.4) is 0 Å². The molecular formula is C14H18N4OS. The molecule has 0 radical (unpaired) electrons. The zero-order valence-corrected chi connectivity index (χ0v) is 12.8. The highest BCUT2D eigenvalue weighted by Crippen LogP contribution is 2.23. The highest BCUT2D eigenvalue weighted by atomic mass is 32.1. The number of thiocarbonyl (C=S) groups is 1. The molecule has 0 amide bonds. The van der Waals surface area contributed by atoms with Gasteiger partial charge in [0.05, 0.1) is 6.04 Å². The Morgan fingerprint density at radius 1 is 1.30 bits per heavy atom. The van der Waals surface area contributed by atoms with Crippen molar-refractivity contribution < 1.29 is 4.42 Å². The largest absolute Gasteiger partial charge is 0.466 e. The molecule has 1 atom stereocenters. The molecule has 0 bridgehead atoms. The van der Waals surface area contributed by atoms with Crippen LogP contribution in [0.2, 0.25) is 0 Å². The molecular weight excluding hydrogens is 272 g/mol. The molecule has 0 fully saturated rings. The lowest BCUT2D eigenvalue weighted by atomic mass is 10.1. The summed E-state index contributed by atoms with van der Waals surface area (Å²) < 4.78 is 5.54. The third-order valence-electron chi connectivity index (χ3n) is 3.00. The molecule has 6 heteroatoms. The van der Waals surface area contributed by atoms with E-state index in [1.165, 1.54) is 0 Å². The molecule has 106 valence electrons. The van der Waals surface area contributed by atoms with Gasteiger partial charge in [-0.2, -0.15) is 0 Å². The molecule has 0 spiro atoms. The monoisotopic (exact) mass is 290 g/mol. The molecule has 1 unspecified atom stereocenters. The first-order chi connectivity index (χ1) is 9.36. The van der Waals surface area contributed by atoms with Crippen LogP contribution in [0.1, 0.15) is 41.4 Å². The maximum absolute atomic E-state index is 5.62. The number of nitrogens with two attached hydrogens (primary N) is 1. The highest BCUT2D eigenvalue weighted by Gasteiger charge is 2.14. The van der Waals surface area contributed by atoms with Crippen molar-refractivity contribution in [2.75, 3.05) is 5.32 Å². The minimum atomic E-state index is 0.0356. The Morgan fingerprint density at radius 2 is 2.00 bits per heavy atom. The lowest BCUT2D eigenvalue weighted by molar-refractivity contribution is 0.499. The second kappa shape index (κ2) is 5.58. The van der Waals surface area contributed by atoms with Crippen molar-refractivity contribution in [3.05, 3.63) is 40.6 Å². The Hall–Kier alpha value is -1.95. The average Bonchev–Trinajstić information content (AvgIpc) is 2.67. The van der Waals surface area contributed by atoms with Crippen LogP contribution < -0.4 is 11.1 Å². The van der Waals surface area contributed by atoms with Gasteiger partial charge in [-0.3, -0.25) is 0 Å². The predicted molar refractivity (Wildman–Crippen MR) is 82.9 cm³/mol. The molecule has 3 N–H and O–H groups in total. The molecule has 2 rings (SSSR count). The minimum Gasteiger partial charge on any atom is -0.466 e. The van der Waals surface area contributed by atoms with Crippen LogP contribution in [0.15, 0.2) is 16.5 Å². The summed E-state index contributed by atoms with van der Waals surface area (Å²) in [6.45, 7) is 7.78. The van der Waals surface area contributed by atoms with Crippen LogP contribution in [0.5, 0.6) is 0 Å². The SMILES string of the molecule is Cc1cc(C(N)=S)nc(NC(C)c2cc(C)oc2C)n1. The van der Waals surface area contributed by atoms with E-state index in [2.05, 4.69) is 15.3 Å². The number of nitrogens with one attached hydrogen (secondary N) is 1. The summed E-state index contributed by atoms with van der Waals surface area (Å²) in [6, 6.07) is 3.82.